The van der Waals surface area contributed by atoms with Gasteiger partial charge in [-0.05, 0) is 35.7 Å². The molecule has 1 unspecified atom stereocenters. The highest BCUT2D eigenvalue weighted by Crippen LogP contribution is 2.37. The third kappa shape index (κ3) is 3.25. The zero-order valence-corrected chi connectivity index (χ0v) is 15.6. The van der Waals surface area contributed by atoms with Crippen LogP contribution in [0.15, 0.2) is 46.9 Å². The SMILES string of the molecule is CC(=O)C1=NN(c2ccc(Cl)cc2)C(c2cccs2)N(C(C)=O)N1C. The molecule has 0 radical (unpaired) electrons. The second kappa shape index (κ2) is 6.85. The van der Waals surface area contributed by atoms with Gasteiger partial charge in [-0.2, -0.15) is 0 Å². The van der Waals surface area contributed by atoms with Gasteiger partial charge < -0.3 is 0 Å². The van der Waals surface area contributed by atoms with Gasteiger partial charge in [-0.15, -0.1) is 16.4 Å². The largest absolute Gasteiger partial charge is 0.291 e. The Bertz CT molecular complexity index is 820. The van der Waals surface area contributed by atoms with Crippen LogP contribution in [-0.2, 0) is 9.59 Å². The van der Waals surface area contributed by atoms with E-state index in [0.29, 0.717) is 5.02 Å². The minimum absolute atomic E-state index is 0.187. The Hall–Kier alpha value is -2.38. The minimum Gasteiger partial charge on any atom is -0.291 e. The number of thiophene rings is 1. The first kappa shape index (κ1) is 17.4. The normalized spacial score (nSPS) is 17.5. The van der Waals surface area contributed by atoms with Crippen molar-refractivity contribution in [3.05, 3.63) is 51.7 Å². The summed E-state index contributed by atoms with van der Waals surface area (Å²) in [7, 11) is 1.67. The van der Waals surface area contributed by atoms with E-state index in [1.54, 1.807) is 24.2 Å². The number of hydrazone groups is 1. The van der Waals surface area contributed by atoms with Crippen molar-refractivity contribution in [3.8, 4) is 0 Å². The van der Waals surface area contributed by atoms with Crippen LogP contribution < -0.4 is 5.01 Å². The first-order valence-corrected chi connectivity index (χ1v) is 8.87. The molecule has 1 atom stereocenters. The zero-order valence-electron chi connectivity index (χ0n) is 14.0. The number of anilines is 1. The van der Waals surface area contributed by atoms with Gasteiger partial charge >= 0.3 is 0 Å². The van der Waals surface area contributed by atoms with Crippen LogP contribution in [0, 0.1) is 0 Å². The van der Waals surface area contributed by atoms with Crippen LogP contribution in [0.2, 0.25) is 5.02 Å². The van der Waals surface area contributed by atoms with Crippen molar-refractivity contribution in [3.63, 3.8) is 0 Å². The second-order valence-electron chi connectivity index (χ2n) is 5.58. The minimum atomic E-state index is -0.480. The summed E-state index contributed by atoms with van der Waals surface area (Å²) in [4.78, 5) is 25.4. The second-order valence-corrected chi connectivity index (χ2v) is 6.99. The van der Waals surface area contributed by atoms with E-state index in [1.165, 1.54) is 35.2 Å². The van der Waals surface area contributed by atoms with Crippen molar-refractivity contribution in [2.45, 2.75) is 20.0 Å². The topological polar surface area (TPSA) is 56.2 Å². The molecule has 25 heavy (non-hydrogen) atoms. The Morgan fingerprint density at radius 1 is 1.16 bits per heavy atom. The van der Waals surface area contributed by atoms with Crippen molar-refractivity contribution < 1.29 is 9.59 Å². The Morgan fingerprint density at radius 2 is 1.84 bits per heavy atom. The number of carbonyl (C=O) groups excluding carboxylic acids is 2. The van der Waals surface area contributed by atoms with Crippen LogP contribution in [-0.4, -0.2) is 34.6 Å². The van der Waals surface area contributed by atoms with E-state index in [2.05, 4.69) is 5.10 Å². The first-order chi connectivity index (χ1) is 11.9. The number of amides is 1. The number of rotatable bonds is 3. The monoisotopic (exact) mass is 376 g/mol. The van der Waals surface area contributed by atoms with Gasteiger partial charge in [0.15, 0.2) is 11.9 Å². The summed E-state index contributed by atoms with van der Waals surface area (Å²) < 4.78 is 0. The highest BCUT2D eigenvalue weighted by Gasteiger charge is 2.39. The van der Waals surface area contributed by atoms with Crippen LogP contribution in [0.25, 0.3) is 0 Å². The molecular formula is C17H17ClN4O2S. The molecule has 6 nitrogen and oxygen atoms in total. The lowest BCUT2D eigenvalue weighted by Crippen LogP contribution is -2.58. The van der Waals surface area contributed by atoms with Gasteiger partial charge in [-0.3, -0.25) is 14.6 Å². The summed E-state index contributed by atoms with van der Waals surface area (Å²) in [6.07, 6.45) is -0.480. The quantitative estimate of drug-likeness (QED) is 0.822. The molecule has 0 N–H and O–H groups in total. The summed E-state index contributed by atoms with van der Waals surface area (Å²) in [5.41, 5.74) is 0.737. The number of hydrogen-bond acceptors (Lipinski definition) is 6. The van der Waals surface area contributed by atoms with E-state index in [0.717, 1.165) is 10.6 Å². The number of halogens is 1. The van der Waals surface area contributed by atoms with Crippen LogP contribution in [0.3, 0.4) is 0 Å². The number of hydrogen-bond donors (Lipinski definition) is 0. The highest BCUT2D eigenvalue weighted by atomic mass is 35.5. The molecule has 130 valence electrons. The van der Waals surface area contributed by atoms with E-state index in [1.807, 2.05) is 29.6 Å². The molecule has 0 spiro atoms. The van der Waals surface area contributed by atoms with Gasteiger partial charge in [0.2, 0.25) is 11.7 Å². The first-order valence-electron chi connectivity index (χ1n) is 7.61. The van der Waals surface area contributed by atoms with Crippen molar-refractivity contribution in [1.29, 1.82) is 0 Å². The third-order valence-corrected chi connectivity index (χ3v) is 4.99. The van der Waals surface area contributed by atoms with Crippen molar-refractivity contribution >= 4 is 46.2 Å². The van der Waals surface area contributed by atoms with Gasteiger partial charge in [0, 0.05) is 25.9 Å². The number of nitrogens with zero attached hydrogens (tertiary/aromatic N) is 4. The van der Waals surface area contributed by atoms with Gasteiger partial charge in [0.05, 0.1) is 10.6 Å². The van der Waals surface area contributed by atoms with Gasteiger partial charge in [0.1, 0.15) is 0 Å². The fourth-order valence-corrected chi connectivity index (χ4v) is 3.66. The molecule has 0 saturated heterocycles. The number of benzene rings is 1. The molecule has 1 aromatic carbocycles. The van der Waals surface area contributed by atoms with Gasteiger partial charge in [-0.1, -0.05) is 17.7 Å². The fourth-order valence-electron chi connectivity index (χ4n) is 2.74. The van der Waals surface area contributed by atoms with Crippen molar-refractivity contribution in [2.24, 2.45) is 5.10 Å². The van der Waals surface area contributed by atoms with Crippen LogP contribution in [0.1, 0.15) is 24.9 Å². The lowest BCUT2D eigenvalue weighted by molar-refractivity contribution is -0.145. The number of carbonyl (C=O) groups is 2. The average Bonchev–Trinajstić information content (AvgIpc) is 3.08. The highest BCUT2D eigenvalue weighted by molar-refractivity contribution is 7.10. The summed E-state index contributed by atoms with van der Waals surface area (Å²) in [6.45, 7) is 2.90. The summed E-state index contributed by atoms with van der Waals surface area (Å²) in [6, 6.07) is 11.0. The standard InChI is InChI=1S/C17H17ClN4O2S/c1-11(23)16-19-21(14-8-6-13(18)7-9-14)17(15-5-4-10-25-15)22(12(2)24)20(16)3/h4-10,17H,1-3H3. The molecule has 2 aromatic rings. The lowest BCUT2D eigenvalue weighted by atomic mass is 10.2. The molecular weight excluding hydrogens is 360 g/mol. The van der Waals surface area contributed by atoms with Gasteiger partial charge in [-0.25, -0.2) is 10.0 Å². The van der Waals surface area contributed by atoms with E-state index >= 15 is 0 Å². The van der Waals surface area contributed by atoms with Crippen LogP contribution in [0.5, 0.6) is 0 Å². The third-order valence-electron chi connectivity index (χ3n) is 3.82. The smallest absolute Gasteiger partial charge is 0.240 e. The molecule has 0 bridgehead atoms. The predicted molar refractivity (Wildman–Crippen MR) is 99.4 cm³/mol. The molecule has 3 rings (SSSR count). The molecule has 8 heteroatoms. The van der Waals surface area contributed by atoms with Gasteiger partial charge in [0.25, 0.3) is 0 Å². The molecule has 0 fully saturated rings. The lowest BCUT2D eigenvalue weighted by Gasteiger charge is -2.46. The Labute approximate surface area is 154 Å². The Morgan fingerprint density at radius 3 is 2.36 bits per heavy atom. The molecule has 1 amide bonds. The van der Waals surface area contributed by atoms with Crippen molar-refractivity contribution in [1.82, 2.24) is 10.0 Å². The predicted octanol–water partition coefficient (Wildman–Crippen LogP) is 3.52. The van der Waals surface area contributed by atoms with E-state index in [-0.39, 0.29) is 17.5 Å². The van der Waals surface area contributed by atoms with Crippen LogP contribution >= 0.6 is 22.9 Å². The van der Waals surface area contributed by atoms with Crippen LogP contribution in [0.4, 0.5) is 5.69 Å². The maximum atomic E-state index is 12.4. The molecule has 1 aliphatic rings. The number of hydrazine groups is 1. The Kier molecular flexibility index (Phi) is 4.78. The fraction of sp³-hybridized carbons (Fsp3) is 0.235. The summed E-state index contributed by atoms with van der Waals surface area (Å²) >= 11 is 7.51. The van der Waals surface area contributed by atoms with Crippen molar-refractivity contribution in [2.75, 3.05) is 12.1 Å². The van der Waals surface area contributed by atoms with E-state index in [4.69, 9.17) is 11.6 Å². The molecule has 0 aliphatic carbocycles. The van der Waals surface area contributed by atoms with E-state index in [9.17, 15) is 9.59 Å². The summed E-state index contributed by atoms with van der Waals surface area (Å²) in [5, 5.41) is 11.8. The zero-order chi connectivity index (χ0) is 18.1. The maximum absolute atomic E-state index is 12.4. The molecule has 1 aromatic heterocycles. The number of amidine groups is 1. The molecule has 2 heterocycles. The summed E-state index contributed by atoms with van der Waals surface area (Å²) in [5.74, 6) is -0.219. The molecule has 1 aliphatic heterocycles. The molecule has 0 saturated carbocycles. The maximum Gasteiger partial charge on any atom is 0.240 e. The number of ketones is 1. The number of Topliss-reactive ketones (excluding diaryl/α,β-unsaturated/α-hetero) is 1. The van der Waals surface area contributed by atoms with E-state index < -0.39 is 6.17 Å². The number of likely N-dealkylation sites (N-methyl/N-ethyl adjacent to an activating group) is 1. The average molecular weight is 377 g/mol. The Balaban J connectivity index is 2.19.